The quantitative estimate of drug-likeness (QED) is 0.651. The molecule has 0 saturated heterocycles. The molecule has 2 nitrogen and oxygen atoms in total. The summed E-state index contributed by atoms with van der Waals surface area (Å²) in [6.45, 7) is 8.44. The van der Waals surface area contributed by atoms with Gasteiger partial charge in [-0.2, -0.15) is 0 Å². The fourth-order valence-electron chi connectivity index (χ4n) is 4.67. The Hall–Kier alpha value is -0.340. The Bertz CT molecular complexity index is 400. The van der Waals surface area contributed by atoms with Crippen LogP contribution in [0, 0.1) is 10.8 Å². The zero-order valence-corrected chi connectivity index (χ0v) is 15.1. The van der Waals surface area contributed by atoms with Gasteiger partial charge in [-0.15, -0.1) is 0 Å². The van der Waals surface area contributed by atoms with E-state index in [0.717, 1.165) is 38.5 Å². The Balaban J connectivity index is 2.09. The van der Waals surface area contributed by atoms with E-state index in [1.54, 1.807) is 5.57 Å². The maximum absolute atomic E-state index is 10.2. The number of aliphatic hydroxyl groups excluding tert-OH is 1. The fourth-order valence-corrected chi connectivity index (χ4v) is 4.67. The van der Waals surface area contributed by atoms with Crippen molar-refractivity contribution in [2.24, 2.45) is 10.8 Å². The van der Waals surface area contributed by atoms with E-state index in [1.165, 1.54) is 25.7 Å². The molecule has 0 aromatic rings. The minimum Gasteiger partial charge on any atom is -0.393 e. The molecule has 0 aromatic heterocycles. The second-order valence-corrected chi connectivity index (χ2v) is 8.78. The first-order valence-corrected chi connectivity index (χ1v) is 9.32. The minimum atomic E-state index is -0.546. The molecule has 2 rings (SSSR count). The maximum Gasteiger partial charge on any atom is 0.0591 e. The van der Waals surface area contributed by atoms with Crippen molar-refractivity contribution < 1.29 is 10.2 Å². The van der Waals surface area contributed by atoms with E-state index in [4.69, 9.17) is 0 Å². The van der Waals surface area contributed by atoms with Crippen LogP contribution in [-0.2, 0) is 0 Å². The van der Waals surface area contributed by atoms with Crippen LogP contribution in [0.3, 0.4) is 0 Å². The summed E-state index contributed by atoms with van der Waals surface area (Å²) in [4.78, 5) is 0. The summed E-state index contributed by atoms with van der Waals surface area (Å²) in [7, 11) is 0. The van der Waals surface area contributed by atoms with E-state index >= 15 is 0 Å². The molecule has 0 aromatic carbocycles. The summed E-state index contributed by atoms with van der Waals surface area (Å²) in [6.07, 6.45) is 13.5. The Kier molecular flexibility index (Phi) is 5.44. The Labute approximate surface area is 137 Å². The smallest absolute Gasteiger partial charge is 0.0591 e. The standard InChI is InChI=1S/C20H36O2/c1-5-8-17(19(4)11-6-9-16(21)15-19)20(13-14-20)12-7-10-18(2,3)22/h8,16,21-22H,5-7,9-15H2,1-4H3/b17-8+/t16-,19-/m0/s1. The molecule has 2 atom stereocenters. The van der Waals surface area contributed by atoms with Gasteiger partial charge in [0, 0.05) is 0 Å². The van der Waals surface area contributed by atoms with Gasteiger partial charge in [0.05, 0.1) is 11.7 Å². The number of allylic oxidation sites excluding steroid dienone is 2. The van der Waals surface area contributed by atoms with Crippen LogP contribution in [0.5, 0.6) is 0 Å². The van der Waals surface area contributed by atoms with Crippen molar-refractivity contribution in [3.05, 3.63) is 11.6 Å². The lowest BCUT2D eigenvalue weighted by atomic mass is 9.64. The molecular formula is C20H36O2. The van der Waals surface area contributed by atoms with Crippen molar-refractivity contribution in [3.63, 3.8) is 0 Å². The molecule has 2 fully saturated rings. The first-order chi connectivity index (χ1) is 10.2. The highest BCUT2D eigenvalue weighted by Gasteiger charge is 2.51. The van der Waals surface area contributed by atoms with Gasteiger partial charge >= 0.3 is 0 Å². The van der Waals surface area contributed by atoms with Gasteiger partial charge < -0.3 is 10.2 Å². The van der Waals surface area contributed by atoms with Crippen LogP contribution in [0.1, 0.15) is 91.9 Å². The van der Waals surface area contributed by atoms with Crippen LogP contribution in [0.25, 0.3) is 0 Å². The number of hydrogen-bond acceptors (Lipinski definition) is 2. The third kappa shape index (κ3) is 4.35. The third-order valence-electron chi connectivity index (χ3n) is 5.88. The zero-order valence-electron chi connectivity index (χ0n) is 15.1. The van der Waals surface area contributed by atoms with Gasteiger partial charge in [-0.1, -0.05) is 31.9 Å². The first kappa shape index (κ1) is 18.0. The molecule has 0 radical (unpaired) electrons. The topological polar surface area (TPSA) is 40.5 Å². The Morgan fingerprint density at radius 1 is 1.27 bits per heavy atom. The molecule has 2 saturated carbocycles. The molecular weight excluding hydrogens is 272 g/mol. The van der Waals surface area contributed by atoms with Gasteiger partial charge in [-0.25, -0.2) is 0 Å². The fraction of sp³-hybridized carbons (Fsp3) is 0.900. The number of aliphatic hydroxyl groups is 2. The summed E-state index contributed by atoms with van der Waals surface area (Å²) in [5.74, 6) is 0. The summed E-state index contributed by atoms with van der Waals surface area (Å²) in [5, 5.41) is 20.1. The maximum atomic E-state index is 10.2. The van der Waals surface area contributed by atoms with E-state index < -0.39 is 5.60 Å². The van der Waals surface area contributed by atoms with E-state index in [1.807, 2.05) is 13.8 Å². The average molecular weight is 309 g/mol. The molecule has 2 N–H and O–H groups in total. The molecule has 0 spiro atoms. The number of rotatable bonds is 7. The first-order valence-electron chi connectivity index (χ1n) is 9.32. The highest BCUT2D eigenvalue weighted by molar-refractivity contribution is 5.29. The molecule has 0 aliphatic heterocycles. The van der Waals surface area contributed by atoms with Crippen molar-refractivity contribution in [2.45, 2.75) is 104 Å². The lowest BCUT2D eigenvalue weighted by molar-refractivity contribution is 0.0614. The second kappa shape index (κ2) is 6.65. The monoisotopic (exact) mass is 308 g/mol. The molecule has 128 valence electrons. The van der Waals surface area contributed by atoms with Crippen LogP contribution < -0.4 is 0 Å². The van der Waals surface area contributed by atoms with Crippen LogP contribution in [0.2, 0.25) is 0 Å². The third-order valence-corrected chi connectivity index (χ3v) is 5.88. The lowest BCUT2D eigenvalue weighted by Gasteiger charge is -2.42. The van der Waals surface area contributed by atoms with E-state index in [-0.39, 0.29) is 11.5 Å². The van der Waals surface area contributed by atoms with Gasteiger partial charge in [0.1, 0.15) is 0 Å². The largest absolute Gasteiger partial charge is 0.393 e. The molecule has 22 heavy (non-hydrogen) atoms. The SMILES string of the molecule is CC/C=C(/C1(CCCC(C)(C)O)CC1)[C@@]1(C)CCC[C@H](O)C1. The van der Waals surface area contributed by atoms with Gasteiger partial charge in [-0.3, -0.25) is 0 Å². The average Bonchev–Trinajstić information content (AvgIpc) is 3.14. The molecule has 2 aliphatic rings. The summed E-state index contributed by atoms with van der Waals surface area (Å²) >= 11 is 0. The second-order valence-electron chi connectivity index (χ2n) is 8.78. The van der Waals surface area contributed by atoms with Crippen molar-refractivity contribution in [1.82, 2.24) is 0 Å². The molecule has 0 bridgehead atoms. The Morgan fingerprint density at radius 2 is 1.95 bits per heavy atom. The molecule has 0 unspecified atom stereocenters. The van der Waals surface area contributed by atoms with Crippen molar-refractivity contribution in [3.8, 4) is 0 Å². The van der Waals surface area contributed by atoms with Gasteiger partial charge in [-0.05, 0) is 82.5 Å². The Morgan fingerprint density at radius 3 is 2.45 bits per heavy atom. The van der Waals surface area contributed by atoms with Crippen LogP contribution in [0.4, 0.5) is 0 Å². The van der Waals surface area contributed by atoms with Crippen molar-refractivity contribution in [1.29, 1.82) is 0 Å². The molecule has 0 amide bonds. The number of hydrogen-bond donors (Lipinski definition) is 2. The highest BCUT2D eigenvalue weighted by atomic mass is 16.3. The lowest BCUT2D eigenvalue weighted by Crippen LogP contribution is -2.34. The normalized spacial score (nSPS) is 32.1. The van der Waals surface area contributed by atoms with Crippen molar-refractivity contribution in [2.75, 3.05) is 0 Å². The van der Waals surface area contributed by atoms with Gasteiger partial charge in [0.25, 0.3) is 0 Å². The predicted octanol–water partition coefficient (Wildman–Crippen LogP) is 4.99. The molecule has 2 aliphatic carbocycles. The van der Waals surface area contributed by atoms with Gasteiger partial charge in [0.15, 0.2) is 0 Å². The van der Waals surface area contributed by atoms with E-state index in [9.17, 15) is 10.2 Å². The molecule has 2 heteroatoms. The summed E-state index contributed by atoms with van der Waals surface area (Å²) in [6, 6.07) is 0. The summed E-state index contributed by atoms with van der Waals surface area (Å²) in [5.41, 5.74) is 1.67. The minimum absolute atomic E-state index is 0.119. The predicted molar refractivity (Wildman–Crippen MR) is 92.8 cm³/mol. The van der Waals surface area contributed by atoms with E-state index in [2.05, 4.69) is 19.9 Å². The van der Waals surface area contributed by atoms with Crippen molar-refractivity contribution >= 4 is 0 Å². The van der Waals surface area contributed by atoms with Gasteiger partial charge in [0.2, 0.25) is 0 Å². The van der Waals surface area contributed by atoms with Crippen LogP contribution in [0.15, 0.2) is 11.6 Å². The highest BCUT2D eigenvalue weighted by Crippen LogP contribution is 2.63. The van der Waals surface area contributed by atoms with E-state index in [0.29, 0.717) is 5.41 Å². The van der Waals surface area contributed by atoms with Crippen LogP contribution in [-0.4, -0.2) is 21.9 Å². The molecule has 0 heterocycles. The summed E-state index contributed by atoms with van der Waals surface area (Å²) < 4.78 is 0. The zero-order chi connectivity index (χ0) is 16.4. The van der Waals surface area contributed by atoms with Crippen LogP contribution >= 0.6 is 0 Å².